The molecule has 25 heavy (non-hydrogen) atoms. The van der Waals surface area contributed by atoms with Crippen LogP contribution in [0.15, 0.2) is 30.6 Å². The van der Waals surface area contributed by atoms with Crippen molar-refractivity contribution in [2.24, 2.45) is 7.05 Å². The zero-order chi connectivity index (χ0) is 17.8. The van der Waals surface area contributed by atoms with Crippen LogP contribution in [0, 0.1) is 0 Å². The van der Waals surface area contributed by atoms with Gasteiger partial charge in [-0.1, -0.05) is 0 Å². The first-order valence-electron chi connectivity index (χ1n) is 8.43. The van der Waals surface area contributed by atoms with Gasteiger partial charge in [-0.25, -0.2) is 0 Å². The molecule has 1 aromatic carbocycles. The van der Waals surface area contributed by atoms with E-state index in [9.17, 15) is 4.79 Å². The number of nitrogens with zero attached hydrogens (tertiary/aromatic N) is 3. The molecule has 1 aliphatic rings. The van der Waals surface area contributed by atoms with E-state index in [1.54, 1.807) is 31.3 Å². The van der Waals surface area contributed by atoms with Gasteiger partial charge in [0, 0.05) is 18.8 Å². The normalized spacial score (nSPS) is 15.2. The van der Waals surface area contributed by atoms with Crippen molar-refractivity contribution in [3.05, 3.63) is 41.7 Å². The van der Waals surface area contributed by atoms with Crippen LogP contribution in [0.4, 0.5) is 0 Å². The summed E-state index contributed by atoms with van der Waals surface area (Å²) in [5, 5.41) is 4.08. The molecule has 1 fully saturated rings. The Bertz CT molecular complexity index is 736. The molecule has 7 heteroatoms. The van der Waals surface area contributed by atoms with Crippen LogP contribution in [-0.2, 0) is 13.6 Å². The lowest BCUT2D eigenvalue weighted by Crippen LogP contribution is -3.13. The average molecular weight is 345 g/mol. The van der Waals surface area contributed by atoms with Gasteiger partial charge in [0.15, 0.2) is 11.5 Å². The van der Waals surface area contributed by atoms with Gasteiger partial charge in [-0.3, -0.25) is 9.48 Å². The SMILES string of the molecule is COc1ccc(C[NH+]2CCN(C(=O)c3cnn(C)c3)CC2)cc1OC. The Balaban J connectivity index is 1.57. The maximum absolute atomic E-state index is 12.5. The number of methoxy groups -OCH3 is 2. The molecule has 7 nitrogen and oxygen atoms in total. The molecular weight excluding hydrogens is 320 g/mol. The summed E-state index contributed by atoms with van der Waals surface area (Å²) in [6.45, 7) is 4.29. The second-order valence-electron chi connectivity index (χ2n) is 6.31. The van der Waals surface area contributed by atoms with Crippen molar-refractivity contribution in [1.82, 2.24) is 14.7 Å². The number of nitrogens with one attached hydrogen (secondary N) is 1. The average Bonchev–Trinajstić information content (AvgIpc) is 3.08. The molecule has 0 bridgehead atoms. The summed E-state index contributed by atoms with van der Waals surface area (Å²) >= 11 is 0. The number of ether oxygens (including phenoxy) is 2. The van der Waals surface area contributed by atoms with Crippen LogP contribution in [0.5, 0.6) is 11.5 Å². The van der Waals surface area contributed by atoms with Crippen LogP contribution >= 0.6 is 0 Å². The number of hydrogen-bond donors (Lipinski definition) is 1. The minimum atomic E-state index is 0.0678. The van der Waals surface area contributed by atoms with Gasteiger partial charge in [0.25, 0.3) is 5.91 Å². The van der Waals surface area contributed by atoms with Crippen molar-refractivity contribution < 1.29 is 19.2 Å². The monoisotopic (exact) mass is 345 g/mol. The summed E-state index contributed by atoms with van der Waals surface area (Å²) in [7, 11) is 5.11. The van der Waals surface area contributed by atoms with Crippen LogP contribution in [0.25, 0.3) is 0 Å². The fraction of sp³-hybridized carbons (Fsp3) is 0.444. The molecule has 134 valence electrons. The number of hydrogen-bond acceptors (Lipinski definition) is 4. The zero-order valence-corrected chi connectivity index (χ0v) is 15.0. The zero-order valence-electron chi connectivity index (χ0n) is 15.0. The minimum Gasteiger partial charge on any atom is -0.493 e. The highest BCUT2D eigenvalue weighted by atomic mass is 16.5. The Morgan fingerprint density at radius 3 is 2.52 bits per heavy atom. The van der Waals surface area contributed by atoms with Crippen molar-refractivity contribution >= 4 is 5.91 Å². The first kappa shape index (κ1) is 17.3. The topological polar surface area (TPSA) is 61.0 Å². The van der Waals surface area contributed by atoms with Crippen LogP contribution in [0.1, 0.15) is 15.9 Å². The molecule has 1 N–H and O–H groups in total. The Morgan fingerprint density at radius 2 is 1.92 bits per heavy atom. The number of carbonyl (C=O) groups excluding carboxylic acids is 1. The fourth-order valence-electron chi connectivity index (χ4n) is 3.20. The molecule has 1 amide bonds. The van der Waals surface area contributed by atoms with Crippen molar-refractivity contribution in [2.75, 3.05) is 40.4 Å². The molecule has 0 atom stereocenters. The lowest BCUT2D eigenvalue weighted by Gasteiger charge is -2.32. The fourth-order valence-corrected chi connectivity index (χ4v) is 3.20. The van der Waals surface area contributed by atoms with Gasteiger partial charge in [-0.15, -0.1) is 0 Å². The second kappa shape index (κ2) is 7.57. The highest BCUT2D eigenvalue weighted by Crippen LogP contribution is 2.27. The largest absolute Gasteiger partial charge is 0.493 e. The summed E-state index contributed by atoms with van der Waals surface area (Å²) in [4.78, 5) is 15.8. The van der Waals surface area contributed by atoms with Gasteiger partial charge in [0.05, 0.1) is 52.2 Å². The Hall–Kier alpha value is -2.54. The van der Waals surface area contributed by atoms with E-state index in [1.165, 1.54) is 10.5 Å². The van der Waals surface area contributed by atoms with E-state index in [4.69, 9.17) is 9.47 Å². The number of rotatable bonds is 5. The van der Waals surface area contributed by atoms with Gasteiger partial charge < -0.3 is 19.3 Å². The highest BCUT2D eigenvalue weighted by molar-refractivity contribution is 5.93. The number of piperazine rings is 1. The molecular formula is C18H25N4O3+. The van der Waals surface area contributed by atoms with E-state index in [-0.39, 0.29) is 5.91 Å². The molecule has 2 heterocycles. The second-order valence-corrected chi connectivity index (χ2v) is 6.31. The predicted octanol–water partition coefficient (Wildman–Crippen LogP) is -0.0218. The first-order chi connectivity index (χ1) is 12.1. The number of quaternary nitrogens is 1. The molecule has 1 aliphatic heterocycles. The molecule has 0 saturated carbocycles. The third-order valence-corrected chi connectivity index (χ3v) is 4.61. The smallest absolute Gasteiger partial charge is 0.257 e. The standard InChI is InChI=1S/C18H24N4O3/c1-20-13-15(11-19-20)18(23)22-8-6-21(7-9-22)12-14-4-5-16(24-2)17(10-14)25-3/h4-5,10-11,13H,6-9,12H2,1-3H3/p+1. The predicted molar refractivity (Wildman–Crippen MR) is 93.1 cm³/mol. The third kappa shape index (κ3) is 3.93. The third-order valence-electron chi connectivity index (χ3n) is 4.61. The van der Waals surface area contributed by atoms with E-state index in [0.717, 1.165) is 44.2 Å². The van der Waals surface area contributed by atoms with Crippen LogP contribution in [0.2, 0.25) is 0 Å². The quantitative estimate of drug-likeness (QED) is 0.827. The summed E-state index contributed by atoms with van der Waals surface area (Å²) in [5.41, 5.74) is 1.87. The molecule has 3 rings (SSSR count). The minimum absolute atomic E-state index is 0.0678. The van der Waals surface area contributed by atoms with Gasteiger partial charge in [-0.05, 0) is 18.2 Å². The van der Waals surface area contributed by atoms with Crippen molar-refractivity contribution in [3.8, 4) is 11.5 Å². The number of carbonyl (C=O) groups is 1. The van der Waals surface area contributed by atoms with Crippen molar-refractivity contribution in [2.45, 2.75) is 6.54 Å². The van der Waals surface area contributed by atoms with E-state index < -0.39 is 0 Å². The molecule has 1 saturated heterocycles. The summed E-state index contributed by atoms with van der Waals surface area (Å²) in [6.07, 6.45) is 3.40. The summed E-state index contributed by atoms with van der Waals surface area (Å²) in [6, 6.07) is 6.04. The number of aromatic nitrogens is 2. The van der Waals surface area contributed by atoms with Gasteiger partial charge in [-0.2, -0.15) is 5.10 Å². The van der Waals surface area contributed by atoms with Gasteiger partial charge in [0.2, 0.25) is 0 Å². The molecule has 0 aliphatic carbocycles. The van der Waals surface area contributed by atoms with Crippen LogP contribution in [-0.4, -0.2) is 61.0 Å². The van der Waals surface area contributed by atoms with E-state index in [1.807, 2.05) is 24.1 Å². The Morgan fingerprint density at radius 1 is 1.20 bits per heavy atom. The lowest BCUT2D eigenvalue weighted by atomic mass is 10.1. The van der Waals surface area contributed by atoms with Crippen LogP contribution < -0.4 is 14.4 Å². The Labute approximate surface area is 147 Å². The van der Waals surface area contributed by atoms with Crippen molar-refractivity contribution in [1.29, 1.82) is 0 Å². The van der Waals surface area contributed by atoms with E-state index in [2.05, 4.69) is 11.2 Å². The lowest BCUT2D eigenvalue weighted by molar-refractivity contribution is -0.917. The highest BCUT2D eigenvalue weighted by Gasteiger charge is 2.25. The first-order valence-corrected chi connectivity index (χ1v) is 8.43. The molecule has 0 unspecified atom stereocenters. The van der Waals surface area contributed by atoms with E-state index >= 15 is 0 Å². The Kier molecular flexibility index (Phi) is 5.23. The van der Waals surface area contributed by atoms with Crippen LogP contribution in [0.3, 0.4) is 0 Å². The molecule has 2 aromatic rings. The number of benzene rings is 1. The number of aryl methyl sites for hydroxylation is 1. The molecule has 0 radical (unpaired) electrons. The number of amides is 1. The van der Waals surface area contributed by atoms with E-state index in [0.29, 0.717) is 5.56 Å². The maximum atomic E-state index is 12.5. The molecule has 0 spiro atoms. The summed E-state index contributed by atoms with van der Waals surface area (Å²) < 4.78 is 12.3. The van der Waals surface area contributed by atoms with Crippen molar-refractivity contribution in [3.63, 3.8) is 0 Å². The maximum Gasteiger partial charge on any atom is 0.257 e. The van der Waals surface area contributed by atoms with Gasteiger partial charge in [0.1, 0.15) is 6.54 Å². The summed E-state index contributed by atoms with van der Waals surface area (Å²) in [5.74, 6) is 1.57. The molecule has 1 aromatic heterocycles. The van der Waals surface area contributed by atoms with Gasteiger partial charge >= 0.3 is 0 Å².